The number of pyridine rings is 1. The molecule has 34 heavy (non-hydrogen) atoms. The minimum Gasteiger partial charge on any atom is -0.493 e. The highest BCUT2D eigenvalue weighted by Gasteiger charge is 2.17. The van der Waals surface area contributed by atoms with Gasteiger partial charge in [0.2, 0.25) is 0 Å². The standard InChI is InChI=1S/C26H32ClN5O2/c1-31-17-20(22-14-19-21(27)6-7-29-26(19)30-22)18-15-24(33-2)25(16-23(18)31)34-13-9-28-8-12-32-10-4-3-5-11-32/h6-7,14-17,28H,3-5,8-13H2,1-2H3,(H,29,30). The Labute approximate surface area is 205 Å². The molecule has 0 saturated carbocycles. The summed E-state index contributed by atoms with van der Waals surface area (Å²) in [4.78, 5) is 10.3. The first-order valence-corrected chi connectivity index (χ1v) is 12.4. The van der Waals surface area contributed by atoms with E-state index < -0.39 is 0 Å². The van der Waals surface area contributed by atoms with E-state index in [9.17, 15) is 0 Å². The Bertz CT molecular complexity index is 1280. The summed E-state index contributed by atoms with van der Waals surface area (Å²) in [7, 11) is 3.72. The summed E-state index contributed by atoms with van der Waals surface area (Å²) >= 11 is 6.36. The molecule has 1 aliphatic heterocycles. The van der Waals surface area contributed by atoms with E-state index in [1.807, 2.05) is 19.2 Å². The molecule has 3 aromatic heterocycles. The van der Waals surface area contributed by atoms with Gasteiger partial charge in [0.05, 0.1) is 17.6 Å². The van der Waals surface area contributed by atoms with E-state index in [0.29, 0.717) is 11.6 Å². The second-order valence-electron chi connectivity index (χ2n) is 8.91. The number of nitrogens with one attached hydrogen (secondary N) is 2. The number of nitrogens with zero attached hydrogens (tertiary/aromatic N) is 3. The van der Waals surface area contributed by atoms with E-state index in [0.717, 1.165) is 64.3 Å². The maximum Gasteiger partial charge on any atom is 0.163 e. The number of aromatic amines is 1. The molecular weight excluding hydrogens is 450 g/mol. The fraction of sp³-hybridized carbons (Fsp3) is 0.423. The first-order chi connectivity index (χ1) is 16.6. The number of ether oxygens (including phenoxy) is 2. The zero-order valence-electron chi connectivity index (χ0n) is 19.9. The van der Waals surface area contributed by atoms with Gasteiger partial charge in [-0.1, -0.05) is 18.0 Å². The summed E-state index contributed by atoms with van der Waals surface area (Å²) in [6, 6.07) is 7.95. The quantitative estimate of drug-likeness (QED) is 0.335. The molecule has 0 amide bonds. The average molecular weight is 482 g/mol. The predicted octanol–water partition coefficient (Wildman–Crippen LogP) is 4.84. The molecule has 1 fully saturated rings. The lowest BCUT2D eigenvalue weighted by Gasteiger charge is -2.26. The van der Waals surface area contributed by atoms with Crippen LogP contribution < -0.4 is 14.8 Å². The Balaban J connectivity index is 1.29. The third kappa shape index (κ3) is 4.73. The number of hydrogen-bond acceptors (Lipinski definition) is 5. The maximum absolute atomic E-state index is 6.36. The summed E-state index contributed by atoms with van der Waals surface area (Å²) in [5, 5.41) is 6.17. The molecule has 0 atom stereocenters. The lowest BCUT2D eigenvalue weighted by atomic mass is 10.1. The number of halogens is 1. The molecule has 0 spiro atoms. The Morgan fingerprint density at radius 2 is 1.94 bits per heavy atom. The number of methoxy groups -OCH3 is 1. The number of rotatable bonds is 9. The van der Waals surface area contributed by atoms with Gasteiger partial charge in [-0.25, -0.2) is 4.98 Å². The molecule has 4 heterocycles. The van der Waals surface area contributed by atoms with E-state index in [1.54, 1.807) is 19.4 Å². The van der Waals surface area contributed by atoms with Crippen molar-refractivity contribution in [2.24, 2.45) is 7.05 Å². The van der Waals surface area contributed by atoms with Gasteiger partial charge in [-0.15, -0.1) is 0 Å². The van der Waals surface area contributed by atoms with Crippen LogP contribution in [0.15, 0.2) is 36.7 Å². The number of aryl methyl sites for hydroxylation is 1. The third-order valence-electron chi connectivity index (χ3n) is 6.63. The Morgan fingerprint density at radius 1 is 1.09 bits per heavy atom. The number of piperidine rings is 1. The van der Waals surface area contributed by atoms with Gasteiger partial charge in [-0.3, -0.25) is 0 Å². The van der Waals surface area contributed by atoms with Gasteiger partial charge in [-0.2, -0.15) is 0 Å². The first-order valence-electron chi connectivity index (χ1n) is 12.0. The third-order valence-corrected chi connectivity index (χ3v) is 6.96. The average Bonchev–Trinajstić information content (AvgIpc) is 3.43. The van der Waals surface area contributed by atoms with Crippen LogP contribution in [0.4, 0.5) is 0 Å². The van der Waals surface area contributed by atoms with E-state index in [-0.39, 0.29) is 0 Å². The van der Waals surface area contributed by atoms with Crippen LogP contribution in [0.5, 0.6) is 11.5 Å². The van der Waals surface area contributed by atoms with Crippen molar-refractivity contribution < 1.29 is 9.47 Å². The molecule has 1 aliphatic rings. The van der Waals surface area contributed by atoms with Crippen molar-refractivity contribution >= 4 is 33.5 Å². The topological polar surface area (TPSA) is 67.3 Å². The van der Waals surface area contributed by atoms with Crippen LogP contribution in [0.2, 0.25) is 5.02 Å². The van der Waals surface area contributed by atoms with Crippen LogP contribution in [-0.2, 0) is 7.05 Å². The van der Waals surface area contributed by atoms with Crippen molar-refractivity contribution in [3.63, 3.8) is 0 Å². The molecule has 1 aromatic carbocycles. The molecule has 7 nitrogen and oxygen atoms in total. The number of H-pyrrole nitrogens is 1. The molecule has 8 heteroatoms. The normalized spacial score (nSPS) is 14.8. The smallest absolute Gasteiger partial charge is 0.163 e. The summed E-state index contributed by atoms with van der Waals surface area (Å²) in [5.74, 6) is 1.47. The fourth-order valence-corrected chi connectivity index (χ4v) is 4.99. The van der Waals surface area contributed by atoms with Gasteiger partial charge in [0, 0.05) is 67.2 Å². The molecule has 180 valence electrons. The van der Waals surface area contributed by atoms with Crippen LogP contribution in [0.1, 0.15) is 19.3 Å². The minimum absolute atomic E-state index is 0.589. The van der Waals surface area contributed by atoms with Crippen LogP contribution in [0, 0.1) is 0 Å². The first kappa shape index (κ1) is 23.0. The number of aromatic nitrogens is 3. The number of fused-ring (bicyclic) bond motifs is 2. The number of likely N-dealkylation sites (tertiary alicyclic amines) is 1. The minimum atomic E-state index is 0.589. The SMILES string of the molecule is COc1cc2c(-c3cc4c(Cl)ccnc4[nH]3)cn(C)c2cc1OCCNCCN1CCCCC1. The molecular formula is C26H32ClN5O2. The van der Waals surface area contributed by atoms with Crippen LogP contribution in [0.25, 0.3) is 33.2 Å². The highest BCUT2D eigenvalue weighted by atomic mass is 35.5. The zero-order valence-corrected chi connectivity index (χ0v) is 20.6. The second-order valence-corrected chi connectivity index (χ2v) is 9.32. The summed E-state index contributed by atoms with van der Waals surface area (Å²) < 4.78 is 13.9. The Kier molecular flexibility index (Phi) is 6.94. The molecule has 0 unspecified atom stereocenters. The van der Waals surface area contributed by atoms with E-state index in [4.69, 9.17) is 21.1 Å². The van der Waals surface area contributed by atoms with Gasteiger partial charge in [0.15, 0.2) is 11.5 Å². The number of hydrogen-bond donors (Lipinski definition) is 2. The van der Waals surface area contributed by atoms with Gasteiger partial charge < -0.3 is 29.2 Å². The van der Waals surface area contributed by atoms with Crippen LogP contribution in [0.3, 0.4) is 0 Å². The molecule has 0 bridgehead atoms. The molecule has 0 radical (unpaired) electrons. The fourth-order valence-electron chi connectivity index (χ4n) is 4.79. The van der Waals surface area contributed by atoms with Crippen molar-refractivity contribution in [3.05, 3.63) is 41.7 Å². The van der Waals surface area contributed by atoms with Crippen molar-refractivity contribution in [2.45, 2.75) is 19.3 Å². The molecule has 4 aromatic rings. The molecule has 1 saturated heterocycles. The van der Waals surface area contributed by atoms with Crippen molar-refractivity contribution in [3.8, 4) is 22.8 Å². The van der Waals surface area contributed by atoms with Gasteiger partial charge in [0.1, 0.15) is 12.3 Å². The second kappa shape index (κ2) is 10.3. The lowest BCUT2D eigenvalue weighted by Crippen LogP contribution is -2.36. The Hall–Kier alpha value is -2.74. The van der Waals surface area contributed by atoms with E-state index in [1.165, 1.54) is 32.4 Å². The highest BCUT2D eigenvalue weighted by molar-refractivity contribution is 6.35. The summed E-state index contributed by atoms with van der Waals surface area (Å²) in [5.41, 5.74) is 3.88. The number of benzene rings is 1. The lowest BCUT2D eigenvalue weighted by molar-refractivity contribution is 0.226. The zero-order chi connectivity index (χ0) is 23.5. The van der Waals surface area contributed by atoms with Crippen molar-refractivity contribution in [2.75, 3.05) is 46.4 Å². The van der Waals surface area contributed by atoms with Gasteiger partial charge in [-0.05, 0) is 44.1 Å². The van der Waals surface area contributed by atoms with E-state index in [2.05, 4.69) is 37.0 Å². The molecule has 0 aliphatic carbocycles. The maximum atomic E-state index is 6.36. The van der Waals surface area contributed by atoms with Crippen LogP contribution in [-0.4, -0.2) is 65.9 Å². The van der Waals surface area contributed by atoms with Crippen LogP contribution >= 0.6 is 11.6 Å². The largest absolute Gasteiger partial charge is 0.493 e. The van der Waals surface area contributed by atoms with Gasteiger partial charge >= 0.3 is 0 Å². The van der Waals surface area contributed by atoms with Crippen molar-refractivity contribution in [1.29, 1.82) is 0 Å². The summed E-state index contributed by atoms with van der Waals surface area (Å²) in [6.07, 6.45) is 7.85. The Morgan fingerprint density at radius 3 is 2.74 bits per heavy atom. The highest BCUT2D eigenvalue weighted by Crippen LogP contribution is 2.39. The molecule has 2 N–H and O–H groups in total. The predicted molar refractivity (Wildman–Crippen MR) is 138 cm³/mol. The summed E-state index contributed by atoms with van der Waals surface area (Å²) in [6.45, 7) is 5.95. The van der Waals surface area contributed by atoms with Crippen molar-refractivity contribution in [1.82, 2.24) is 24.8 Å². The monoisotopic (exact) mass is 481 g/mol. The van der Waals surface area contributed by atoms with E-state index >= 15 is 0 Å². The van der Waals surface area contributed by atoms with Gasteiger partial charge in [0.25, 0.3) is 0 Å². The molecule has 5 rings (SSSR count).